The van der Waals surface area contributed by atoms with E-state index in [0.29, 0.717) is 37.7 Å². The van der Waals surface area contributed by atoms with E-state index >= 15 is 0 Å². The van der Waals surface area contributed by atoms with Gasteiger partial charge in [-0.25, -0.2) is 8.42 Å². The van der Waals surface area contributed by atoms with Crippen molar-refractivity contribution < 1.29 is 18.0 Å². The first-order chi connectivity index (χ1) is 12.8. The molecule has 0 atom stereocenters. The third-order valence-electron chi connectivity index (χ3n) is 5.19. The highest BCUT2D eigenvalue weighted by Gasteiger charge is 2.36. The summed E-state index contributed by atoms with van der Waals surface area (Å²) in [6.45, 7) is 4.05. The van der Waals surface area contributed by atoms with Gasteiger partial charge in [0.1, 0.15) is 0 Å². The van der Waals surface area contributed by atoms with E-state index in [2.05, 4.69) is 11.9 Å². The molecule has 1 aromatic carbocycles. The molecule has 1 N–H and O–H groups in total. The zero-order valence-corrected chi connectivity index (χ0v) is 16.2. The van der Waals surface area contributed by atoms with Crippen LogP contribution in [0.5, 0.6) is 0 Å². The fourth-order valence-electron chi connectivity index (χ4n) is 3.33. The van der Waals surface area contributed by atoms with Crippen molar-refractivity contribution in [2.24, 2.45) is 5.92 Å². The summed E-state index contributed by atoms with van der Waals surface area (Å²) >= 11 is 0. The Morgan fingerprint density at radius 1 is 1.15 bits per heavy atom. The number of anilines is 1. The van der Waals surface area contributed by atoms with Gasteiger partial charge in [0.2, 0.25) is 21.8 Å². The van der Waals surface area contributed by atoms with Crippen LogP contribution < -0.4 is 5.32 Å². The molecule has 27 heavy (non-hydrogen) atoms. The Bertz CT molecular complexity index is 823. The van der Waals surface area contributed by atoms with Crippen LogP contribution in [0, 0.1) is 5.92 Å². The second-order valence-corrected chi connectivity index (χ2v) is 9.01. The maximum atomic E-state index is 12.8. The van der Waals surface area contributed by atoms with Gasteiger partial charge in [0.25, 0.3) is 0 Å². The molecule has 8 heteroatoms. The quantitative estimate of drug-likeness (QED) is 0.750. The van der Waals surface area contributed by atoms with Crippen molar-refractivity contribution in [1.29, 1.82) is 0 Å². The van der Waals surface area contributed by atoms with E-state index in [-0.39, 0.29) is 22.6 Å². The van der Waals surface area contributed by atoms with Crippen LogP contribution in [-0.2, 0) is 19.6 Å². The van der Waals surface area contributed by atoms with Crippen molar-refractivity contribution in [3.8, 4) is 0 Å². The van der Waals surface area contributed by atoms with Gasteiger partial charge < -0.3 is 10.2 Å². The molecule has 0 unspecified atom stereocenters. The molecule has 1 saturated carbocycles. The molecule has 2 amide bonds. The Balaban J connectivity index is 1.61. The third kappa shape index (κ3) is 4.39. The van der Waals surface area contributed by atoms with E-state index in [0.717, 1.165) is 18.9 Å². The Hall–Kier alpha value is -2.19. The van der Waals surface area contributed by atoms with Gasteiger partial charge in [0, 0.05) is 37.8 Å². The smallest absolute Gasteiger partial charge is 0.247 e. The van der Waals surface area contributed by atoms with Crippen molar-refractivity contribution >= 4 is 27.5 Å². The number of carbonyl (C=O) groups excluding carboxylic acids is 2. The summed E-state index contributed by atoms with van der Waals surface area (Å²) in [5.41, 5.74) is 0.506. The molecule has 0 aromatic heterocycles. The van der Waals surface area contributed by atoms with Crippen LogP contribution in [0.25, 0.3) is 0 Å². The highest BCUT2D eigenvalue weighted by Crippen LogP contribution is 2.30. The maximum Gasteiger partial charge on any atom is 0.247 e. The lowest BCUT2D eigenvalue weighted by Crippen LogP contribution is -2.43. The second-order valence-electron chi connectivity index (χ2n) is 7.08. The van der Waals surface area contributed by atoms with Gasteiger partial charge in [-0.2, -0.15) is 4.31 Å². The number of benzene rings is 1. The monoisotopic (exact) mass is 391 g/mol. The van der Waals surface area contributed by atoms with Crippen LogP contribution in [0.1, 0.15) is 25.7 Å². The lowest BCUT2D eigenvalue weighted by molar-refractivity contribution is -0.135. The molecule has 1 heterocycles. The molecule has 0 radical (unpaired) electrons. The van der Waals surface area contributed by atoms with Gasteiger partial charge >= 0.3 is 0 Å². The molecule has 3 rings (SSSR count). The van der Waals surface area contributed by atoms with Crippen LogP contribution in [0.3, 0.4) is 0 Å². The van der Waals surface area contributed by atoms with Gasteiger partial charge in [-0.1, -0.05) is 6.58 Å². The van der Waals surface area contributed by atoms with E-state index in [1.54, 1.807) is 12.1 Å². The lowest BCUT2D eigenvalue weighted by atomic mass is 9.96. The number of amides is 2. The summed E-state index contributed by atoms with van der Waals surface area (Å²) in [6, 6.07) is 6.43. The molecule has 1 aromatic rings. The van der Waals surface area contributed by atoms with Gasteiger partial charge in [0.15, 0.2) is 0 Å². The van der Waals surface area contributed by atoms with E-state index in [1.165, 1.54) is 16.4 Å². The first kappa shape index (κ1) is 19.6. The van der Waals surface area contributed by atoms with E-state index in [4.69, 9.17) is 0 Å². The molecule has 0 spiro atoms. The average Bonchev–Trinajstić information content (AvgIpc) is 3.52. The molecular weight excluding hydrogens is 366 g/mol. The van der Waals surface area contributed by atoms with E-state index < -0.39 is 10.0 Å². The summed E-state index contributed by atoms with van der Waals surface area (Å²) in [6.07, 6.45) is 4.37. The number of nitrogens with zero attached hydrogens (tertiary/aromatic N) is 2. The number of nitrogens with one attached hydrogen (secondary N) is 1. The van der Waals surface area contributed by atoms with Gasteiger partial charge in [0.05, 0.1) is 4.90 Å². The lowest BCUT2D eigenvalue weighted by Gasteiger charge is -2.32. The zero-order chi connectivity index (χ0) is 19.6. The van der Waals surface area contributed by atoms with Crippen LogP contribution >= 0.6 is 0 Å². The van der Waals surface area contributed by atoms with Gasteiger partial charge in [-0.15, -0.1) is 0 Å². The fourth-order valence-corrected chi connectivity index (χ4v) is 4.80. The van der Waals surface area contributed by atoms with Gasteiger partial charge in [-0.3, -0.25) is 9.59 Å². The predicted octanol–water partition coefficient (Wildman–Crippen LogP) is 1.83. The third-order valence-corrected chi connectivity index (χ3v) is 7.10. The Kier molecular flexibility index (Phi) is 5.67. The summed E-state index contributed by atoms with van der Waals surface area (Å²) in [5, 5.41) is 2.59. The number of piperidine rings is 1. The average molecular weight is 391 g/mol. The number of rotatable bonds is 6. The Morgan fingerprint density at radius 2 is 1.74 bits per heavy atom. The molecule has 146 valence electrons. The molecule has 1 saturated heterocycles. The second kappa shape index (κ2) is 7.82. The summed E-state index contributed by atoms with van der Waals surface area (Å²) < 4.78 is 27.1. The number of carbonyl (C=O) groups is 2. The predicted molar refractivity (Wildman–Crippen MR) is 103 cm³/mol. The summed E-state index contributed by atoms with van der Waals surface area (Å²) in [5.74, 6) is -0.316. The van der Waals surface area contributed by atoms with Crippen molar-refractivity contribution in [3.05, 3.63) is 36.9 Å². The number of hydrogen-bond donors (Lipinski definition) is 1. The van der Waals surface area contributed by atoms with Crippen molar-refractivity contribution in [1.82, 2.24) is 9.21 Å². The highest BCUT2D eigenvalue weighted by molar-refractivity contribution is 7.89. The molecule has 0 bridgehead atoms. The minimum absolute atomic E-state index is 0.0986. The normalized spacial score (nSPS) is 18.7. The Labute approximate surface area is 160 Å². The van der Waals surface area contributed by atoms with E-state index in [1.807, 2.05) is 11.9 Å². The SMILES string of the molecule is C=CC(=O)Nc1ccc(S(=O)(=O)N2CCC(C(=O)N(C)C3CC3)CC2)cc1. The fraction of sp³-hybridized carbons (Fsp3) is 0.474. The molecule has 1 aliphatic heterocycles. The van der Waals surface area contributed by atoms with Crippen molar-refractivity contribution in [2.45, 2.75) is 36.6 Å². The molecular formula is C19H25N3O4S. The number of hydrogen-bond acceptors (Lipinski definition) is 4. The zero-order valence-electron chi connectivity index (χ0n) is 15.4. The molecule has 2 aliphatic rings. The Morgan fingerprint density at radius 3 is 2.26 bits per heavy atom. The van der Waals surface area contributed by atoms with Crippen molar-refractivity contribution in [2.75, 3.05) is 25.5 Å². The number of sulfonamides is 1. The summed E-state index contributed by atoms with van der Waals surface area (Å²) in [7, 11) is -1.77. The van der Waals surface area contributed by atoms with Crippen molar-refractivity contribution in [3.63, 3.8) is 0 Å². The topological polar surface area (TPSA) is 86.8 Å². The summed E-state index contributed by atoms with van der Waals surface area (Å²) in [4.78, 5) is 25.8. The molecule has 7 nitrogen and oxygen atoms in total. The highest BCUT2D eigenvalue weighted by atomic mass is 32.2. The minimum atomic E-state index is -3.61. The molecule has 2 fully saturated rings. The minimum Gasteiger partial charge on any atom is -0.343 e. The van der Waals surface area contributed by atoms with Crippen LogP contribution in [0.4, 0.5) is 5.69 Å². The maximum absolute atomic E-state index is 12.8. The van der Waals surface area contributed by atoms with Crippen LogP contribution in [0.15, 0.2) is 41.8 Å². The largest absolute Gasteiger partial charge is 0.343 e. The van der Waals surface area contributed by atoms with Crippen LogP contribution in [0.2, 0.25) is 0 Å². The van der Waals surface area contributed by atoms with Crippen LogP contribution in [-0.4, -0.2) is 55.6 Å². The molecule has 1 aliphatic carbocycles. The standard InChI is InChI=1S/C19H25N3O4S/c1-3-18(23)20-15-4-8-17(9-5-15)27(25,26)22-12-10-14(11-13-22)19(24)21(2)16-6-7-16/h3-5,8-9,14,16H,1,6-7,10-13H2,2H3,(H,20,23). The van der Waals surface area contributed by atoms with Gasteiger partial charge in [-0.05, 0) is 56.0 Å². The first-order valence-electron chi connectivity index (χ1n) is 9.13. The first-order valence-corrected chi connectivity index (χ1v) is 10.6. The van der Waals surface area contributed by atoms with E-state index in [9.17, 15) is 18.0 Å².